The second kappa shape index (κ2) is 6.66. The maximum absolute atomic E-state index is 14.2. The zero-order valence-corrected chi connectivity index (χ0v) is 13.4. The average molecular weight is 313 g/mol. The highest BCUT2D eigenvalue weighted by Crippen LogP contribution is 2.30. The predicted octanol–water partition coefficient (Wildman–Crippen LogP) is 4.51. The lowest BCUT2D eigenvalue weighted by atomic mass is 10.1. The Morgan fingerprint density at radius 2 is 2.15 bits per heavy atom. The Morgan fingerprint density at radius 3 is 2.70 bits per heavy atom. The average Bonchev–Trinajstić information content (AvgIpc) is 2.78. The van der Waals surface area contributed by atoms with Crippen LogP contribution in [-0.4, -0.2) is 11.5 Å². The molecular weight excluding hydrogens is 295 g/mol. The van der Waals surface area contributed by atoms with Crippen LogP contribution in [0.4, 0.5) is 4.39 Å². The van der Waals surface area contributed by atoms with E-state index in [9.17, 15) is 4.39 Å². The van der Waals surface area contributed by atoms with Gasteiger partial charge in [-0.3, -0.25) is 0 Å². The molecule has 0 aliphatic carbocycles. The highest BCUT2D eigenvalue weighted by atomic mass is 35.5. The molecule has 5 heteroatoms. The van der Waals surface area contributed by atoms with Crippen molar-refractivity contribution in [3.63, 3.8) is 0 Å². The Balaban J connectivity index is 2.44. The number of benzene rings is 1. The molecule has 2 rings (SSSR count). The Morgan fingerprint density at radius 1 is 1.40 bits per heavy atom. The molecule has 20 heavy (non-hydrogen) atoms. The smallest absolute Gasteiger partial charge is 0.129 e. The number of rotatable bonds is 5. The van der Waals surface area contributed by atoms with Crippen molar-refractivity contribution in [3.8, 4) is 0 Å². The van der Waals surface area contributed by atoms with Crippen molar-refractivity contribution >= 4 is 22.9 Å². The van der Waals surface area contributed by atoms with Crippen LogP contribution < -0.4 is 5.32 Å². The van der Waals surface area contributed by atoms with E-state index >= 15 is 0 Å². The van der Waals surface area contributed by atoms with E-state index in [0.29, 0.717) is 10.6 Å². The standard InChI is InChI=1S/C15H18ClFN2S/c1-4-13-9(3)20-15(19-13)14(18-5-2)11-7-6-10(16)8-12(11)17/h6-8,14,18H,4-5H2,1-3H3. The number of halogens is 2. The van der Waals surface area contributed by atoms with Crippen LogP contribution in [0, 0.1) is 12.7 Å². The first-order valence-electron chi connectivity index (χ1n) is 6.71. The highest BCUT2D eigenvalue weighted by molar-refractivity contribution is 7.11. The third-order valence-corrected chi connectivity index (χ3v) is 4.49. The molecule has 0 saturated carbocycles. The van der Waals surface area contributed by atoms with Gasteiger partial charge >= 0.3 is 0 Å². The molecule has 1 aromatic carbocycles. The van der Waals surface area contributed by atoms with Crippen LogP contribution in [0.25, 0.3) is 0 Å². The Kier molecular flexibility index (Phi) is 5.13. The van der Waals surface area contributed by atoms with Crippen LogP contribution >= 0.6 is 22.9 Å². The molecule has 0 saturated heterocycles. The first-order chi connectivity index (χ1) is 9.56. The van der Waals surface area contributed by atoms with Gasteiger partial charge < -0.3 is 5.32 Å². The van der Waals surface area contributed by atoms with Gasteiger partial charge in [0.15, 0.2) is 0 Å². The van der Waals surface area contributed by atoms with Gasteiger partial charge in [0.05, 0.1) is 11.7 Å². The van der Waals surface area contributed by atoms with Crippen molar-refractivity contribution < 1.29 is 4.39 Å². The molecule has 2 aromatic rings. The molecule has 1 atom stereocenters. The van der Waals surface area contributed by atoms with E-state index < -0.39 is 0 Å². The molecule has 0 spiro atoms. The van der Waals surface area contributed by atoms with E-state index in [-0.39, 0.29) is 11.9 Å². The van der Waals surface area contributed by atoms with Gasteiger partial charge in [0.2, 0.25) is 0 Å². The minimum atomic E-state index is -0.297. The first-order valence-corrected chi connectivity index (χ1v) is 7.90. The van der Waals surface area contributed by atoms with Crippen molar-refractivity contribution in [2.45, 2.75) is 33.2 Å². The number of thiazole rings is 1. The molecule has 1 aromatic heterocycles. The minimum absolute atomic E-state index is 0.221. The fraction of sp³-hybridized carbons (Fsp3) is 0.400. The SMILES string of the molecule is CCNC(c1nc(CC)c(C)s1)c1ccc(Cl)cc1F. The normalized spacial score (nSPS) is 12.7. The number of aromatic nitrogens is 1. The third-order valence-electron chi connectivity index (χ3n) is 3.17. The Labute approximate surface area is 128 Å². The maximum Gasteiger partial charge on any atom is 0.129 e. The summed E-state index contributed by atoms with van der Waals surface area (Å²) < 4.78 is 14.2. The van der Waals surface area contributed by atoms with E-state index in [2.05, 4.69) is 24.1 Å². The molecular formula is C15H18ClFN2S. The largest absolute Gasteiger partial charge is 0.304 e. The van der Waals surface area contributed by atoms with Crippen molar-refractivity contribution in [3.05, 3.63) is 50.2 Å². The first kappa shape index (κ1) is 15.4. The van der Waals surface area contributed by atoms with E-state index in [1.165, 1.54) is 10.9 Å². The Hall–Kier alpha value is -0.970. The summed E-state index contributed by atoms with van der Waals surface area (Å²) in [6, 6.07) is 4.57. The summed E-state index contributed by atoms with van der Waals surface area (Å²) in [5.74, 6) is -0.297. The molecule has 1 heterocycles. The Bertz CT molecular complexity index is 598. The zero-order chi connectivity index (χ0) is 14.7. The van der Waals surface area contributed by atoms with Gasteiger partial charge in [0.1, 0.15) is 10.8 Å². The van der Waals surface area contributed by atoms with Crippen LogP contribution in [0.3, 0.4) is 0 Å². The lowest BCUT2D eigenvalue weighted by molar-refractivity contribution is 0.557. The number of nitrogens with one attached hydrogen (secondary N) is 1. The molecule has 0 bridgehead atoms. The minimum Gasteiger partial charge on any atom is -0.304 e. The summed E-state index contributed by atoms with van der Waals surface area (Å²) in [4.78, 5) is 5.84. The van der Waals surface area contributed by atoms with Crippen LogP contribution in [0.1, 0.15) is 41.0 Å². The molecule has 0 amide bonds. The quantitative estimate of drug-likeness (QED) is 0.879. The lowest BCUT2D eigenvalue weighted by Crippen LogP contribution is -2.23. The van der Waals surface area contributed by atoms with E-state index in [1.54, 1.807) is 23.5 Å². The predicted molar refractivity (Wildman–Crippen MR) is 83.2 cm³/mol. The summed E-state index contributed by atoms with van der Waals surface area (Å²) in [7, 11) is 0. The summed E-state index contributed by atoms with van der Waals surface area (Å²) in [6.07, 6.45) is 0.893. The fourth-order valence-corrected chi connectivity index (χ4v) is 3.44. The van der Waals surface area contributed by atoms with Gasteiger partial charge in [0, 0.05) is 15.5 Å². The van der Waals surface area contributed by atoms with Gasteiger partial charge in [-0.05, 0) is 32.0 Å². The topological polar surface area (TPSA) is 24.9 Å². The van der Waals surface area contributed by atoms with Crippen LogP contribution in [0.15, 0.2) is 18.2 Å². The highest BCUT2D eigenvalue weighted by Gasteiger charge is 2.21. The van der Waals surface area contributed by atoms with Gasteiger partial charge in [-0.1, -0.05) is 31.5 Å². The zero-order valence-electron chi connectivity index (χ0n) is 11.8. The monoisotopic (exact) mass is 312 g/mol. The van der Waals surface area contributed by atoms with Crippen LogP contribution in [0.2, 0.25) is 5.02 Å². The number of hydrogen-bond acceptors (Lipinski definition) is 3. The number of hydrogen-bond donors (Lipinski definition) is 1. The van der Waals surface area contributed by atoms with Crippen molar-refractivity contribution in [2.75, 3.05) is 6.54 Å². The van der Waals surface area contributed by atoms with Crippen LogP contribution in [-0.2, 0) is 6.42 Å². The van der Waals surface area contributed by atoms with Gasteiger partial charge in [-0.15, -0.1) is 11.3 Å². The summed E-state index contributed by atoms with van der Waals surface area (Å²) >= 11 is 7.44. The van der Waals surface area contributed by atoms with Crippen molar-refractivity contribution in [2.24, 2.45) is 0 Å². The van der Waals surface area contributed by atoms with Gasteiger partial charge in [-0.25, -0.2) is 9.37 Å². The van der Waals surface area contributed by atoms with E-state index in [1.807, 2.05) is 6.92 Å². The van der Waals surface area contributed by atoms with E-state index in [0.717, 1.165) is 23.7 Å². The number of nitrogens with zero attached hydrogens (tertiary/aromatic N) is 1. The molecule has 0 radical (unpaired) electrons. The van der Waals surface area contributed by atoms with E-state index in [4.69, 9.17) is 11.6 Å². The maximum atomic E-state index is 14.2. The molecule has 0 aliphatic rings. The van der Waals surface area contributed by atoms with Gasteiger partial charge in [0.25, 0.3) is 0 Å². The fourth-order valence-electron chi connectivity index (χ4n) is 2.17. The lowest BCUT2D eigenvalue weighted by Gasteiger charge is -2.16. The van der Waals surface area contributed by atoms with Crippen molar-refractivity contribution in [1.29, 1.82) is 0 Å². The van der Waals surface area contributed by atoms with Crippen molar-refractivity contribution in [1.82, 2.24) is 10.3 Å². The summed E-state index contributed by atoms with van der Waals surface area (Å²) in [5, 5.41) is 4.62. The third kappa shape index (κ3) is 3.19. The van der Waals surface area contributed by atoms with Gasteiger partial charge in [-0.2, -0.15) is 0 Å². The molecule has 1 N–H and O–H groups in total. The second-order valence-electron chi connectivity index (χ2n) is 4.57. The summed E-state index contributed by atoms with van der Waals surface area (Å²) in [6.45, 7) is 6.88. The second-order valence-corrected chi connectivity index (χ2v) is 6.24. The summed E-state index contributed by atoms with van der Waals surface area (Å²) in [5.41, 5.74) is 1.68. The molecule has 1 unspecified atom stereocenters. The van der Waals surface area contributed by atoms with Crippen LogP contribution in [0.5, 0.6) is 0 Å². The molecule has 0 aliphatic heterocycles. The molecule has 0 fully saturated rings. The number of aryl methyl sites for hydroxylation is 2. The molecule has 108 valence electrons. The molecule has 2 nitrogen and oxygen atoms in total.